The van der Waals surface area contributed by atoms with E-state index in [1.54, 1.807) is 154 Å². The highest BCUT2D eigenvalue weighted by atomic mass is 31.2. The van der Waals surface area contributed by atoms with Crippen LogP contribution in [0.15, 0.2) is 206 Å². The number of carbonyl (C=O) groups excluding carboxylic acids is 3. The van der Waals surface area contributed by atoms with E-state index in [9.17, 15) is 28.6 Å². The van der Waals surface area contributed by atoms with Crippen LogP contribution in [0.4, 0.5) is 0 Å². The Kier molecular flexibility index (Phi) is 33.5. The first-order valence-electron chi connectivity index (χ1n) is 30.0. The van der Waals surface area contributed by atoms with Gasteiger partial charge < -0.3 is 51.6 Å². The van der Waals surface area contributed by atoms with E-state index >= 15 is 0 Å². The molecule has 474 valence electrons. The van der Waals surface area contributed by atoms with E-state index in [0.717, 1.165) is 81.8 Å². The van der Waals surface area contributed by atoms with Crippen molar-refractivity contribution < 1.29 is 75.1 Å². The van der Waals surface area contributed by atoms with Gasteiger partial charge in [0.1, 0.15) is 34.5 Å². The molecular weight excluding hydrogens is 1160 g/mol. The fourth-order valence-electron chi connectivity index (χ4n) is 7.68. The monoisotopic (exact) mass is 1250 g/mol. The van der Waals surface area contributed by atoms with Gasteiger partial charge in [-0.1, -0.05) is 212 Å². The van der Waals surface area contributed by atoms with Gasteiger partial charge >= 0.3 is 33.6 Å². The number of aliphatic hydroxyl groups is 2. The Balaban J connectivity index is 0.000000273. The minimum absolute atomic E-state index is 0.138. The molecule has 7 rings (SSSR count). The molecule has 0 heterocycles. The van der Waals surface area contributed by atoms with Gasteiger partial charge in [0, 0.05) is 0 Å². The quantitative estimate of drug-likeness (QED) is 0.0170. The Morgan fingerprint density at radius 2 is 0.580 bits per heavy atom. The van der Waals surface area contributed by atoms with Crippen molar-refractivity contribution >= 4 is 33.6 Å². The van der Waals surface area contributed by atoms with Gasteiger partial charge in [0.25, 0.3) is 0 Å². The van der Waals surface area contributed by atoms with E-state index in [0.29, 0.717) is 40.9 Å². The fourth-order valence-corrected chi connectivity index (χ4v) is 10.2. The number of phosphoric ester groups is 2. The summed E-state index contributed by atoms with van der Waals surface area (Å²) >= 11 is 0. The van der Waals surface area contributed by atoms with Gasteiger partial charge in [0.2, 0.25) is 0 Å². The first-order valence-corrected chi connectivity index (χ1v) is 33.0. The Hall–Kier alpha value is -7.87. The third-order valence-electron chi connectivity index (χ3n) is 12.0. The summed E-state index contributed by atoms with van der Waals surface area (Å²) < 4.78 is 75.5. The maximum Gasteiger partial charge on any atom is 0.647 e. The van der Waals surface area contributed by atoms with E-state index in [-0.39, 0.29) is 19.8 Å². The van der Waals surface area contributed by atoms with Crippen LogP contribution in [0.3, 0.4) is 0 Å². The summed E-state index contributed by atoms with van der Waals surface area (Å²) in [5, 5.41) is 19.3. The van der Waals surface area contributed by atoms with Crippen LogP contribution >= 0.6 is 15.6 Å². The van der Waals surface area contributed by atoms with Crippen molar-refractivity contribution in [1.29, 1.82) is 0 Å². The minimum atomic E-state index is -3.97. The van der Waals surface area contributed by atoms with Crippen LogP contribution in [0, 0.1) is 0 Å². The van der Waals surface area contributed by atoms with Crippen molar-refractivity contribution in [2.75, 3.05) is 19.8 Å². The number of esters is 3. The number of benzene rings is 7. The highest BCUT2D eigenvalue weighted by Crippen LogP contribution is 2.51. The summed E-state index contributed by atoms with van der Waals surface area (Å²) in [6, 6.07) is 61.3. The van der Waals surface area contributed by atoms with Gasteiger partial charge in [0.05, 0.1) is 38.3 Å². The molecule has 0 aromatic heterocycles. The molecule has 7 aromatic carbocycles. The highest BCUT2D eigenvalue weighted by Gasteiger charge is 2.43. The van der Waals surface area contributed by atoms with Crippen LogP contribution in [0.25, 0.3) is 11.1 Å². The molecule has 88 heavy (non-hydrogen) atoms. The number of rotatable bonds is 33. The lowest BCUT2D eigenvalue weighted by Gasteiger charge is -2.24. The molecule has 0 fully saturated rings. The lowest BCUT2D eigenvalue weighted by Crippen LogP contribution is -2.45. The average molecular weight is 1250 g/mol. The summed E-state index contributed by atoms with van der Waals surface area (Å²) in [5.41, 5.74) is -0.657. The summed E-state index contributed by atoms with van der Waals surface area (Å²) in [4.78, 5) is 36.9. The molecule has 0 saturated carbocycles. The number of carbonyl (C=O) groups is 3. The van der Waals surface area contributed by atoms with Crippen molar-refractivity contribution in [3.8, 4) is 45.6 Å². The van der Waals surface area contributed by atoms with Crippen LogP contribution in [0.1, 0.15) is 131 Å². The van der Waals surface area contributed by atoms with Gasteiger partial charge in [-0.05, 0) is 124 Å². The fraction of sp³-hybridized carbons (Fsp3) is 0.357. The molecule has 0 radical (unpaired) electrons. The normalized spacial score (nSPS) is 11.0. The van der Waals surface area contributed by atoms with Crippen LogP contribution in [0.2, 0.25) is 0 Å². The summed E-state index contributed by atoms with van der Waals surface area (Å²) in [6.45, 7) is 12.1. The van der Waals surface area contributed by atoms with E-state index < -0.39 is 57.6 Å². The molecule has 0 amide bonds. The van der Waals surface area contributed by atoms with Crippen molar-refractivity contribution in [2.24, 2.45) is 0 Å². The van der Waals surface area contributed by atoms with Gasteiger partial charge in [-0.25, -0.2) is 4.79 Å². The standard InChI is InChI=1S/C24H44O7.C24H19O4P.C18H15O4P.C4H10O/c1-4-7-10-13-16-29-21(25)19-24(28,23(27)31-18-15-12-9-6-3)20-22(26)30-17-14-11-8-5-2;25-29(26-22-12-6-2-7-13-22,27-23-14-8-3-9-15-23)28-24-18-16-21(17-19-24)20-10-4-1-5-11-20;19-23(20-16-10-4-1-5-11-16,21-17-12-6-2-7-13-17)22-18-14-8-3-9-15-18;1-4(2,3)5/h28H,4-20H2,1-3H3;1-19H;1-15H;5H,1-3H3. The Labute approximate surface area is 520 Å². The van der Waals surface area contributed by atoms with Gasteiger partial charge in [-0.15, -0.1) is 0 Å². The van der Waals surface area contributed by atoms with Crippen molar-refractivity contribution in [3.63, 3.8) is 0 Å². The Bertz CT molecular complexity index is 2890. The third-order valence-corrected chi connectivity index (χ3v) is 14.6. The molecule has 0 bridgehead atoms. The smallest absolute Gasteiger partial charge is 0.466 e. The van der Waals surface area contributed by atoms with Crippen LogP contribution in [0.5, 0.6) is 34.5 Å². The van der Waals surface area contributed by atoms with E-state index in [2.05, 4.69) is 20.8 Å². The number of hydrogen-bond acceptors (Lipinski definition) is 16. The Morgan fingerprint density at radius 3 is 0.852 bits per heavy atom. The third kappa shape index (κ3) is 31.7. The topological polar surface area (TPSA) is 209 Å². The van der Waals surface area contributed by atoms with Crippen LogP contribution < -0.4 is 27.1 Å². The molecule has 18 heteroatoms. The van der Waals surface area contributed by atoms with Crippen LogP contribution in [-0.4, -0.2) is 59.1 Å². The number of hydrogen-bond donors (Lipinski definition) is 2. The summed E-state index contributed by atoms with van der Waals surface area (Å²) in [7, 11) is -7.86. The first-order chi connectivity index (χ1) is 42.3. The highest BCUT2D eigenvalue weighted by molar-refractivity contribution is 7.50. The maximum atomic E-state index is 13.4. The summed E-state index contributed by atoms with van der Waals surface area (Å²) in [5.74, 6) is -0.0291. The predicted octanol–water partition coefficient (Wildman–Crippen LogP) is 18.0. The second-order valence-electron chi connectivity index (χ2n) is 21.2. The van der Waals surface area contributed by atoms with E-state index in [1.165, 1.54) is 0 Å². The van der Waals surface area contributed by atoms with Crippen molar-refractivity contribution in [3.05, 3.63) is 206 Å². The zero-order valence-corrected chi connectivity index (χ0v) is 53.4. The first kappa shape index (κ1) is 72.6. The molecule has 0 saturated heterocycles. The number of phosphoric acid groups is 2. The van der Waals surface area contributed by atoms with Crippen LogP contribution in [-0.2, 0) is 37.7 Å². The minimum Gasteiger partial charge on any atom is -0.466 e. The molecular formula is C70H88O16P2. The van der Waals surface area contributed by atoms with E-state index in [4.69, 9.17) is 46.5 Å². The molecule has 0 spiro atoms. The number of para-hydroxylation sites is 5. The lowest BCUT2D eigenvalue weighted by molar-refractivity contribution is -0.178. The van der Waals surface area contributed by atoms with Gasteiger partial charge in [0.15, 0.2) is 5.60 Å². The Morgan fingerprint density at radius 1 is 0.341 bits per heavy atom. The predicted molar refractivity (Wildman–Crippen MR) is 345 cm³/mol. The molecule has 2 N–H and O–H groups in total. The zero-order valence-electron chi connectivity index (χ0n) is 51.7. The van der Waals surface area contributed by atoms with Gasteiger partial charge in [-0.3, -0.25) is 9.59 Å². The second-order valence-corrected chi connectivity index (χ2v) is 24.1. The molecule has 0 aliphatic heterocycles. The van der Waals surface area contributed by atoms with Gasteiger partial charge in [-0.2, -0.15) is 9.13 Å². The van der Waals surface area contributed by atoms with Crippen molar-refractivity contribution in [1.82, 2.24) is 0 Å². The molecule has 16 nitrogen and oxygen atoms in total. The zero-order chi connectivity index (χ0) is 63.8. The molecule has 0 atom stereocenters. The number of unbranched alkanes of at least 4 members (excludes halogenated alkanes) is 9. The second kappa shape index (κ2) is 40.6. The maximum absolute atomic E-state index is 13.4. The molecule has 0 unspecified atom stereocenters. The summed E-state index contributed by atoms with van der Waals surface area (Å²) in [6.07, 6.45) is 9.96. The lowest BCUT2D eigenvalue weighted by atomic mass is 9.95. The average Bonchev–Trinajstić information content (AvgIpc) is 2.99. The number of ether oxygens (including phenoxy) is 3. The van der Waals surface area contributed by atoms with Crippen molar-refractivity contribution in [2.45, 2.75) is 143 Å². The molecule has 0 aliphatic rings. The largest absolute Gasteiger partial charge is 0.647 e. The molecule has 0 aliphatic carbocycles. The SMILES string of the molecule is CC(C)(C)O.CCCCCCOC(=O)CC(O)(CC(=O)OCCCCCC)C(=O)OCCCCCC.O=P(Oc1ccccc1)(Oc1ccccc1)Oc1ccc(-c2ccccc2)cc1.O=P(Oc1ccccc1)(Oc1ccccc1)Oc1ccccc1. The van der Waals surface area contributed by atoms with E-state index in [1.807, 2.05) is 72.8 Å². The molecule has 7 aromatic rings.